The number of hydrogen-bond donors (Lipinski definition) is 4. The van der Waals surface area contributed by atoms with Crippen LogP contribution in [0.1, 0.15) is 23.6 Å². The van der Waals surface area contributed by atoms with Crippen LogP contribution >= 0.6 is 0 Å². The SMILES string of the molecule is CC(=O)Nc1cccc([As](=O)(O)OO)c1.Cc1cc(C)c(N)c(C)c1. The number of benzene rings is 2. The van der Waals surface area contributed by atoms with Gasteiger partial charge >= 0.3 is 88.4 Å². The van der Waals surface area contributed by atoms with Gasteiger partial charge in [0.05, 0.1) is 0 Å². The third-order valence-electron chi connectivity index (χ3n) is 3.34. The Morgan fingerprint density at radius 2 is 1.72 bits per heavy atom. The van der Waals surface area contributed by atoms with Crippen molar-refractivity contribution < 1.29 is 21.8 Å². The van der Waals surface area contributed by atoms with Gasteiger partial charge in [0.15, 0.2) is 0 Å². The minimum atomic E-state index is -4.83. The maximum absolute atomic E-state index is 11.3. The van der Waals surface area contributed by atoms with E-state index >= 15 is 0 Å². The number of anilines is 2. The van der Waals surface area contributed by atoms with Gasteiger partial charge in [0.1, 0.15) is 0 Å². The predicted octanol–water partition coefficient (Wildman–Crippen LogP) is 1.90. The van der Waals surface area contributed by atoms with Gasteiger partial charge in [-0.1, -0.05) is 17.7 Å². The van der Waals surface area contributed by atoms with E-state index in [-0.39, 0.29) is 10.3 Å². The fourth-order valence-electron chi connectivity index (χ4n) is 2.20. The van der Waals surface area contributed by atoms with E-state index in [0.29, 0.717) is 5.69 Å². The molecule has 2 rings (SSSR count). The standard InChI is InChI=1S/C9H13N.C8H10AsNO5/c1-6-4-7(2)9(10)8(3)5-6;1-6(11)10-8-4-2-3-7(5-8)9(12,13)15-14/h4-5H,10H2,1-3H3;2-5,14H,1H3,(H,10,11)(H,12,13). The fourth-order valence-corrected chi connectivity index (χ4v) is 3.61. The molecule has 1 atom stereocenters. The Labute approximate surface area is 149 Å². The summed E-state index contributed by atoms with van der Waals surface area (Å²) in [5.41, 5.74) is 10.7. The molecule has 7 nitrogen and oxygen atoms in total. The zero-order chi connectivity index (χ0) is 19.2. The molecule has 8 heteroatoms. The summed E-state index contributed by atoms with van der Waals surface area (Å²) in [4.78, 5) is 10.7. The van der Waals surface area contributed by atoms with Gasteiger partial charge in [-0.25, -0.2) is 0 Å². The number of rotatable bonds is 3. The van der Waals surface area contributed by atoms with Crippen LogP contribution < -0.4 is 15.4 Å². The predicted molar refractivity (Wildman–Crippen MR) is 97.8 cm³/mol. The summed E-state index contributed by atoms with van der Waals surface area (Å²) < 4.78 is 23.9. The Bertz CT molecular complexity index is 784. The van der Waals surface area contributed by atoms with Gasteiger partial charge in [-0.05, 0) is 31.9 Å². The van der Waals surface area contributed by atoms with Crippen molar-refractivity contribution in [1.29, 1.82) is 0 Å². The zero-order valence-corrected chi connectivity index (χ0v) is 16.5. The van der Waals surface area contributed by atoms with Crippen LogP contribution in [0.2, 0.25) is 0 Å². The van der Waals surface area contributed by atoms with Gasteiger partial charge < -0.3 is 5.73 Å². The van der Waals surface area contributed by atoms with Crippen molar-refractivity contribution >= 4 is 35.8 Å². The van der Waals surface area contributed by atoms with Crippen molar-refractivity contribution in [3.63, 3.8) is 0 Å². The Kier molecular flexibility index (Phi) is 7.45. The largest absolute Gasteiger partial charge is 0.398 e. The molecule has 0 aromatic heterocycles. The molecule has 0 radical (unpaired) electrons. The van der Waals surface area contributed by atoms with Crippen LogP contribution in [0.3, 0.4) is 0 Å². The average Bonchev–Trinajstić information content (AvgIpc) is 2.52. The van der Waals surface area contributed by atoms with E-state index < -0.39 is 14.2 Å². The van der Waals surface area contributed by atoms with E-state index in [1.807, 2.05) is 13.8 Å². The van der Waals surface area contributed by atoms with Crippen molar-refractivity contribution in [3.8, 4) is 0 Å². The van der Waals surface area contributed by atoms with Gasteiger partial charge in [0.2, 0.25) is 0 Å². The van der Waals surface area contributed by atoms with E-state index in [0.717, 1.165) is 5.69 Å². The molecule has 2 aromatic rings. The molecule has 25 heavy (non-hydrogen) atoms. The van der Waals surface area contributed by atoms with Crippen LogP contribution in [0.4, 0.5) is 11.4 Å². The van der Waals surface area contributed by atoms with Crippen LogP contribution in [0.5, 0.6) is 0 Å². The van der Waals surface area contributed by atoms with Crippen LogP contribution in [0, 0.1) is 20.8 Å². The molecule has 1 unspecified atom stereocenters. The van der Waals surface area contributed by atoms with Crippen molar-refractivity contribution in [2.24, 2.45) is 0 Å². The molecule has 5 N–H and O–H groups in total. The first-order chi connectivity index (χ1) is 11.6. The van der Waals surface area contributed by atoms with Crippen molar-refractivity contribution in [2.45, 2.75) is 27.7 Å². The number of aryl methyl sites for hydroxylation is 3. The van der Waals surface area contributed by atoms with Crippen molar-refractivity contribution in [2.75, 3.05) is 11.1 Å². The molecule has 0 aliphatic rings. The summed E-state index contributed by atoms with van der Waals surface area (Å²) in [7, 11) is 0. The summed E-state index contributed by atoms with van der Waals surface area (Å²) in [5.74, 6) is -0.294. The molecular formula is C17H23AsN2O5. The first-order valence-electron chi connectivity index (χ1n) is 7.44. The maximum Gasteiger partial charge on any atom is 0.0373 e. The first kappa shape index (κ1) is 21.0. The monoisotopic (exact) mass is 410 g/mol. The van der Waals surface area contributed by atoms with Crippen molar-refractivity contribution in [1.82, 2.24) is 0 Å². The minimum absolute atomic E-state index is 0.0399. The zero-order valence-electron chi connectivity index (χ0n) is 14.6. The Balaban J connectivity index is 0.000000271. The summed E-state index contributed by atoms with van der Waals surface area (Å²) >= 11 is -4.83. The van der Waals surface area contributed by atoms with E-state index in [4.69, 9.17) is 11.0 Å². The number of nitrogens with one attached hydrogen (secondary N) is 1. The second-order valence-electron chi connectivity index (χ2n) is 5.65. The summed E-state index contributed by atoms with van der Waals surface area (Å²) in [6, 6.07) is 9.84. The van der Waals surface area contributed by atoms with E-state index in [9.17, 15) is 12.6 Å². The number of carbonyl (C=O) groups is 1. The third kappa shape index (κ3) is 6.40. The molecule has 0 heterocycles. The third-order valence-corrected chi connectivity index (χ3v) is 5.76. The van der Waals surface area contributed by atoms with Crippen LogP contribution in [-0.4, -0.2) is 29.4 Å². The maximum atomic E-state index is 11.3. The molecule has 0 bridgehead atoms. The summed E-state index contributed by atoms with van der Waals surface area (Å²) in [6.07, 6.45) is 0. The fraction of sp³-hybridized carbons (Fsp3) is 0.235. The Hall–Kier alpha value is -2.05. The number of carbonyl (C=O) groups excluding carboxylic acids is 1. The normalized spacial score (nSPS) is 12.6. The molecule has 0 spiro atoms. The van der Waals surface area contributed by atoms with Gasteiger partial charge in [0, 0.05) is 5.69 Å². The summed E-state index contributed by atoms with van der Waals surface area (Å²) in [5, 5.41) is 10.7. The van der Waals surface area contributed by atoms with E-state index in [1.165, 1.54) is 41.8 Å². The van der Waals surface area contributed by atoms with Crippen LogP contribution in [0.25, 0.3) is 0 Å². The number of nitrogens with two attached hydrogens (primary N) is 1. The van der Waals surface area contributed by atoms with E-state index in [2.05, 4.69) is 28.2 Å². The molecule has 0 fully saturated rings. The first-order valence-corrected chi connectivity index (χ1v) is 10.7. The number of nitrogen functional groups attached to an aromatic ring is 1. The quantitative estimate of drug-likeness (QED) is 0.265. The van der Waals surface area contributed by atoms with Crippen molar-refractivity contribution in [3.05, 3.63) is 53.1 Å². The second-order valence-corrected chi connectivity index (χ2v) is 9.26. The average molecular weight is 410 g/mol. The number of amides is 1. The molecule has 0 aliphatic carbocycles. The second kappa shape index (κ2) is 8.87. The smallest absolute Gasteiger partial charge is 0.0373 e. The number of hydrogen-bond acceptors (Lipinski definition) is 5. The molecule has 0 aliphatic heterocycles. The molecule has 1 amide bonds. The molecular weight excluding hydrogens is 387 g/mol. The van der Waals surface area contributed by atoms with Gasteiger partial charge in [-0.3, -0.25) is 0 Å². The van der Waals surface area contributed by atoms with Gasteiger partial charge in [-0.2, -0.15) is 0 Å². The molecule has 0 saturated carbocycles. The van der Waals surface area contributed by atoms with Crippen LogP contribution in [-0.2, 0) is 12.4 Å². The molecule has 0 saturated heterocycles. The topological polar surface area (TPSA) is 122 Å². The molecule has 2 aromatic carbocycles. The molecule has 136 valence electrons. The van der Waals surface area contributed by atoms with Crippen LogP contribution in [0.15, 0.2) is 36.4 Å². The van der Waals surface area contributed by atoms with E-state index in [1.54, 1.807) is 6.07 Å². The van der Waals surface area contributed by atoms with Gasteiger partial charge in [0.25, 0.3) is 0 Å². The minimum Gasteiger partial charge on any atom is -0.398 e. The summed E-state index contributed by atoms with van der Waals surface area (Å²) in [6.45, 7) is 7.48. The Morgan fingerprint density at radius 1 is 1.16 bits per heavy atom. The Morgan fingerprint density at radius 3 is 2.20 bits per heavy atom. The van der Waals surface area contributed by atoms with Gasteiger partial charge in [-0.15, -0.1) is 0 Å².